The van der Waals surface area contributed by atoms with Crippen molar-refractivity contribution >= 4 is 44.6 Å². The van der Waals surface area contributed by atoms with Gasteiger partial charge in [0.15, 0.2) is 5.60 Å². The smallest absolute Gasteiger partial charge is 0.458 e. The third-order valence-electron chi connectivity index (χ3n) is 8.47. The minimum atomic E-state index is -1.89. The van der Waals surface area contributed by atoms with Crippen LogP contribution in [0.4, 0.5) is 4.79 Å². The van der Waals surface area contributed by atoms with Gasteiger partial charge in [-0.3, -0.25) is 4.79 Å². The number of rotatable bonds is 8. The van der Waals surface area contributed by atoms with Crippen molar-refractivity contribution in [2.75, 3.05) is 0 Å². The number of aromatic nitrogens is 3. The van der Waals surface area contributed by atoms with Gasteiger partial charge < -0.3 is 23.9 Å². The summed E-state index contributed by atoms with van der Waals surface area (Å²) in [6.07, 6.45) is 1.64. The molecule has 0 radical (unpaired) electrons. The number of carbonyl (C=O) groups is 2. The van der Waals surface area contributed by atoms with E-state index < -0.39 is 17.7 Å². The fraction of sp³-hybridized carbons (Fsp3) is 0.229. The average Bonchev–Trinajstić information content (AvgIpc) is 3.46. The Bertz CT molecular complexity index is 2100. The third-order valence-corrected chi connectivity index (χ3v) is 10.8. The Balaban J connectivity index is 1.08. The lowest BCUT2D eigenvalue weighted by atomic mass is 9.86. The van der Waals surface area contributed by atoms with Gasteiger partial charge in [0, 0.05) is 27.6 Å². The minimum absolute atomic E-state index is 0.0563. The number of aliphatic hydroxyl groups is 1. The highest BCUT2D eigenvalue weighted by molar-refractivity contribution is 8.76. The van der Waals surface area contributed by atoms with Crippen molar-refractivity contribution in [3.8, 4) is 17.1 Å². The molecular weight excluding hydrogens is 639 g/mol. The quantitative estimate of drug-likeness (QED) is 0.108. The van der Waals surface area contributed by atoms with Crippen molar-refractivity contribution in [2.24, 2.45) is 0 Å². The standard InChI is InChI=1S/C35H29N3O7S2/c1-3-23-24-15-21(45-34(41)44-18-20-8-11-22(12-9-20)46-47-30-7-5-6-14-36-30)10-13-28(24)37-31-25(23)17-38-29(31)16-27-26(32(38)39)19-43-33(40)35(27,42)4-2/h5-16,42H,3-4,17-19H2,1-2H3/t35-/m0/s1. The molecule has 0 saturated heterocycles. The molecule has 0 unspecified atom stereocenters. The Morgan fingerprint density at radius 3 is 2.62 bits per heavy atom. The molecule has 5 heterocycles. The summed E-state index contributed by atoms with van der Waals surface area (Å²) in [4.78, 5) is 48.9. The van der Waals surface area contributed by atoms with Crippen LogP contribution in [0.25, 0.3) is 22.3 Å². The molecule has 0 bridgehead atoms. The van der Waals surface area contributed by atoms with E-state index in [0.29, 0.717) is 29.1 Å². The maximum Gasteiger partial charge on any atom is 0.514 e. The van der Waals surface area contributed by atoms with E-state index in [1.165, 1.54) is 0 Å². The zero-order valence-corrected chi connectivity index (χ0v) is 27.2. The van der Waals surface area contributed by atoms with Crippen molar-refractivity contribution in [1.29, 1.82) is 0 Å². The molecule has 2 aromatic carbocycles. The van der Waals surface area contributed by atoms with E-state index >= 15 is 0 Å². The summed E-state index contributed by atoms with van der Waals surface area (Å²) in [5.41, 5.74) is 2.82. The van der Waals surface area contributed by atoms with Crippen molar-refractivity contribution in [3.63, 3.8) is 0 Å². The summed E-state index contributed by atoms with van der Waals surface area (Å²) < 4.78 is 17.7. The predicted octanol–water partition coefficient (Wildman–Crippen LogP) is 6.55. The number of nitrogens with zero attached hydrogens (tertiary/aromatic N) is 3. The van der Waals surface area contributed by atoms with Gasteiger partial charge in [-0.15, -0.1) is 0 Å². The number of fused-ring (bicyclic) bond motifs is 5. The van der Waals surface area contributed by atoms with Crippen molar-refractivity contribution < 1.29 is 28.9 Å². The van der Waals surface area contributed by atoms with Crippen LogP contribution in [0.5, 0.6) is 5.75 Å². The molecule has 0 saturated carbocycles. The second kappa shape index (κ2) is 12.5. The van der Waals surface area contributed by atoms with E-state index in [4.69, 9.17) is 19.2 Å². The lowest BCUT2D eigenvalue weighted by Crippen LogP contribution is -2.44. The second-order valence-electron chi connectivity index (χ2n) is 11.2. The first-order valence-electron chi connectivity index (χ1n) is 15.1. The Morgan fingerprint density at radius 2 is 1.87 bits per heavy atom. The molecule has 0 fully saturated rings. The van der Waals surface area contributed by atoms with Crippen LogP contribution in [0.15, 0.2) is 87.6 Å². The van der Waals surface area contributed by atoms with Gasteiger partial charge in [0.25, 0.3) is 5.56 Å². The van der Waals surface area contributed by atoms with E-state index in [1.54, 1.807) is 63.5 Å². The van der Waals surface area contributed by atoms with Gasteiger partial charge in [-0.1, -0.05) is 42.8 Å². The van der Waals surface area contributed by atoms with Crippen LogP contribution >= 0.6 is 21.6 Å². The Kier molecular flexibility index (Phi) is 8.25. The van der Waals surface area contributed by atoms with Crippen LogP contribution in [0, 0.1) is 0 Å². The number of cyclic esters (lactones) is 1. The molecule has 12 heteroatoms. The van der Waals surface area contributed by atoms with Crippen LogP contribution in [-0.4, -0.2) is 31.8 Å². The summed E-state index contributed by atoms with van der Waals surface area (Å²) in [5, 5.41) is 12.9. The van der Waals surface area contributed by atoms with Gasteiger partial charge in [0.05, 0.1) is 29.0 Å². The van der Waals surface area contributed by atoms with Crippen molar-refractivity contribution in [1.82, 2.24) is 14.5 Å². The summed E-state index contributed by atoms with van der Waals surface area (Å²) in [6.45, 7) is 3.84. The third kappa shape index (κ3) is 5.66. The Labute approximate surface area is 277 Å². The maximum absolute atomic E-state index is 13.6. The normalized spacial score (nSPS) is 16.3. The average molecular weight is 668 g/mol. The Morgan fingerprint density at radius 1 is 1.04 bits per heavy atom. The number of aryl methyl sites for hydroxylation is 1. The maximum atomic E-state index is 13.6. The van der Waals surface area contributed by atoms with Gasteiger partial charge in [-0.2, -0.15) is 0 Å². The lowest BCUT2D eigenvalue weighted by Gasteiger charge is -2.31. The van der Waals surface area contributed by atoms with Crippen LogP contribution in [0.2, 0.25) is 0 Å². The summed E-state index contributed by atoms with van der Waals surface area (Å²) >= 11 is 0. The number of esters is 1. The monoisotopic (exact) mass is 667 g/mol. The van der Waals surface area contributed by atoms with E-state index in [0.717, 1.165) is 32.0 Å². The number of benzene rings is 2. The molecule has 7 rings (SSSR count). The van der Waals surface area contributed by atoms with Gasteiger partial charge in [-0.05, 0) is 83.3 Å². The number of hydrogen-bond acceptors (Lipinski definition) is 11. The van der Waals surface area contributed by atoms with E-state index in [9.17, 15) is 19.5 Å². The van der Waals surface area contributed by atoms with Crippen LogP contribution in [-0.2, 0) is 46.0 Å². The molecule has 0 amide bonds. The van der Waals surface area contributed by atoms with Gasteiger partial charge >= 0.3 is 12.1 Å². The van der Waals surface area contributed by atoms with Crippen molar-refractivity contribution in [3.05, 3.63) is 111 Å². The SMILES string of the molecule is CCc1c2c(nc3ccc(OC(=O)OCc4ccc(SSc5ccccn5)cc4)cc13)-c1cc3c(c(=O)n1C2)COC(=O)[C@]3(O)CC. The zero-order chi connectivity index (χ0) is 32.7. The molecule has 10 nitrogen and oxygen atoms in total. The molecule has 0 spiro atoms. The molecule has 238 valence electrons. The highest BCUT2D eigenvalue weighted by atomic mass is 33.1. The highest BCUT2D eigenvalue weighted by Crippen LogP contribution is 2.41. The largest absolute Gasteiger partial charge is 0.514 e. The van der Waals surface area contributed by atoms with Gasteiger partial charge in [-0.25, -0.2) is 19.6 Å². The fourth-order valence-corrected chi connectivity index (χ4v) is 7.85. The van der Waals surface area contributed by atoms with Crippen LogP contribution < -0.4 is 10.3 Å². The molecule has 47 heavy (non-hydrogen) atoms. The molecule has 0 aliphatic carbocycles. The molecule has 3 aromatic heterocycles. The minimum Gasteiger partial charge on any atom is -0.458 e. The molecule has 2 aliphatic heterocycles. The summed E-state index contributed by atoms with van der Waals surface area (Å²) in [6, 6.07) is 20.4. The van der Waals surface area contributed by atoms with E-state index in [1.807, 2.05) is 49.4 Å². The number of pyridine rings is 3. The van der Waals surface area contributed by atoms with Crippen LogP contribution in [0.3, 0.4) is 0 Å². The highest BCUT2D eigenvalue weighted by Gasteiger charge is 2.45. The van der Waals surface area contributed by atoms with Crippen molar-refractivity contribution in [2.45, 2.75) is 62.0 Å². The molecule has 5 aromatic rings. The lowest BCUT2D eigenvalue weighted by molar-refractivity contribution is -0.172. The fourth-order valence-electron chi connectivity index (χ4n) is 6.00. The first-order chi connectivity index (χ1) is 22.8. The molecule has 1 N–H and O–H groups in total. The predicted molar refractivity (Wildman–Crippen MR) is 177 cm³/mol. The Hall–Kier alpha value is -4.65. The van der Waals surface area contributed by atoms with E-state index in [-0.39, 0.29) is 42.9 Å². The summed E-state index contributed by atoms with van der Waals surface area (Å²) in [7, 11) is 3.16. The number of carbonyl (C=O) groups excluding carboxylic acids is 2. The van der Waals surface area contributed by atoms with Gasteiger partial charge in [0.1, 0.15) is 24.0 Å². The molecule has 1 atom stereocenters. The van der Waals surface area contributed by atoms with Gasteiger partial charge in [0.2, 0.25) is 0 Å². The first kappa shape index (κ1) is 31.0. The second-order valence-corrected chi connectivity index (χ2v) is 13.4. The van der Waals surface area contributed by atoms with Crippen LogP contribution in [0.1, 0.15) is 48.1 Å². The number of hydrogen-bond donors (Lipinski definition) is 1. The number of ether oxygens (including phenoxy) is 3. The zero-order valence-electron chi connectivity index (χ0n) is 25.5. The molecular formula is C35H29N3O7S2. The summed E-state index contributed by atoms with van der Waals surface area (Å²) in [5.74, 6) is -0.449. The first-order valence-corrected chi connectivity index (χ1v) is 17.3. The van der Waals surface area contributed by atoms with E-state index in [2.05, 4.69) is 4.98 Å². The molecule has 2 aliphatic rings. The topological polar surface area (TPSA) is 130 Å².